The van der Waals surface area contributed by atoms with Crippen LogP contribution in [-0.2, 0) is 9.53 Å². The molecule has 1 aliphatic rings. The van der Waals surface area contributed by atoms with Gasteiger partial charge >= 0.3 is 6.18 Å². The van der Waals surface area contributed by atoms with Crippen molar-refractivity contribution in [1.82, 2.24) is 10.3 Å². The van der Waals surface area contributed by atoms with Crippen LogP contribution in [0.5, 0.6) is 0 Å². The predicted molar refractivity (Wildman–Crippen MR) is 74.5 cm³/mol. The molecule has 1 aliphatic heterocycles. The van der Waals surface area contributed by atoms with E-state index in [1.54, 1.807) is 24.3 Å². The van der Waals surface area contributed by atoms with Gasteiger partial charge in [0.1, 0.15) is 0 Å². The number of aromatic amines is 1. The number of hydrogen-bond acceptors (Lipinski definition) is 3. The highest BCUT2D eigenvalue weighted by Gasteiger charge is 2.44. The van der Waals surface area contributed by atoms with Crippen molar-refractivity contribution in [3.8, 4) is 0 Å². The third kappa shape index (κ3) is 2.86. The zero-order valence-corrected chi connectivity index (χ0v) is 11.6. The monoisotopic (exact) mass is 312 g/mol. The molecular formula is C15H15F3N2O2. The number of benzene rings is 1. The number of H-pyrrole nitrogens is 1. The molecule has 0 bridgehead atoms. The van der Waals surface area contributed by atoms with Crippen molar-refractivity contribution in [1.29, 1.82) is 0 Å². The maximum Gasteiger partial charge on any atom is 0.396 e. The number of fused-ring (bicyclic) bond motifs is 1. The number of para-hydroxylation sites is 1. The van der Waals surface area contributed by atoms with Crippen LogP contribution in [0.15, 0.2) is 30.5 Å². The molecule has 0 spiro atoms. The van der Waals surface area contributed by atoms with E-state index in [0.717, 1.165) is 0 Å². The lowest BCUT2D eigenvalue weighted by Gasteiger charge is -2.20. The van der Waals surface area contributed by atoms with Crippen molar-refractivity contribution < 1.29 is 22.7 Å². The maximum atomic E-state index is 13.4. The lowest BCUT2D eigenvalue weighted by Crippen LogP contribution is -2.35. The largest absolute Gasteiger partial charge is 0.396 e. The first-order valence-corrected chi connectivity index (χ1v) is 6.97. The van der Waals surface area contributed by atoms with Crippen molar-refractivity contribution in [2.24, 2.45) is 0 Å². The number of ether oxygens (including phenoxy) is 1. The van der Waals surface area contributed by atoms with E-state index in [1.807, 2.05) is 0 Å². The maximum absolute atomic E-state index is 13.4. The highest BCUT2D eigenvalue weighted by molar-refractivity contribution is 5.87. The minimum Gasteiger partial charge on any atom is -0.361 e. The minimum atomic E-state index is -4.50. The molecule has 3 rings (SSSR count). The van der Waals surface area contributed by atoms with E-state index in [-0.39, 0.29) is 5.56 Å². The van der Waals surface area contributed by atoms with Crippen LogP contribution in [0.3, 0.4) is 0 Å². The topological polar surface area (TPSA) is 54.1 Å². The molecule has 2 atom stereocenters. The highest BCUT2D eigenvalue weighted by Crippen LogP contribution is 2.40. The average molecular weight is 312 g/mol. The zero-order valence-electron chi connectivity index (χ0n) is 11.6. The number of alkyl halides is 3. The molecule has 2 N–H and O–H groups in total. The number of hydrogen-bond donors (Lipinski definition) is 2. The number of rotatable bonds is 4. The molecular weight excluding hydrogens is 297 g/mol. The van der Waals surface area contributed by atoms with E-state index >= 15 is 0 Å². The summed E-state index contributed by atoms with van der Waals surface area (Å²) in [5.74, 6) is -2.42. The molecule has 2 heterocycles. The first-order chi connectivity index (χ1) is 10.5. The summed E-state index contributed by atoms with van der Waals surface area (Å²) >= 11 is 0. The molecule has 4 nitrogen and oxygen atoms in total. The van der Waals surface area contributed by atoms with Crippen molar-refractivity contribution in [3.63, 3.8) is 0 Å². The average Bonchev–Trinajstić information content (AvgIpc) is 3.13. The molecule has 22 heavy (non-hydrogen) atoms. The molecule has 1 aromatic carbocycles. The first kappa shape index (κ1) is 15.1. The van der Waals surface area contributed by atoms with Crippen LogP contribution in [0.2, 0.25) is 0 Å². The molecule has 1 aromatic heterocycles. The molecule has 0 amide bonds. The van der Waals surface area contributed by atoms with Gasteiger partial charge in [0.2, 0.25) is 0 Å². The normalized spacial score (nSPS) is 20.4. The SMILES string of the molecule is O=C(C[C@@H](c1c[nH]c2ccccc12)C(F)(F)F)C1NCCO1. The van der Waals surface area contributed by atoms with Crippen LogP contribution < -0.4 is 5.32 Å². The Bertz CT molecular complexity index is 675. The number of Topliss-reactive ketones (excluding diaryl/α,β-unsaturated/α-hetero) is 1. The van der Waals surface area contributed by atoms with E-state index in [2.05, 4.69) is 10.3 Å². The summed E-state index contributed by atoms with van der Waals surface area (Å²) in [5, 5.41) is 3.23. The second-order valence-electron chi connectivity index (χ2n) is 5.26. The Morgan fingerprint density at radius 3 is 2.82 bits per heavy atom. The fourth-order valence-electron chi connectivity index (χ4n) is 2.72. The van der Waals surface area contributed by atoms with Gasteiger partial charge in [-0.2, -0.15) is 13.2 Å². The molecule has 0 saturated carbocycles. The number of aromatic nitrogens is 1. The van der Waals surface area contributed by atoms with Crippen molar-refractivity contribution >= 4 is 16.7 Å². The zero-order chi connectivity index (χ0) is 15.7. The molecule has 118 valence electrons. The van der Waals surface area contributed by atoms with E-state index in [0.29, 0.717) is 24.1 Å². The second kappa shape index (κ2) is 5.73. The third-order valence-electron chi connectivity index (χ3n) is 3.81. The van der Waals surface area contributed by atoms with Gasteiger partial charge in [0, 0.05) is 30.1 Å². The van der Waals surface area contributed by atoms with Crippen LogP contribution in [0.1, 0.15) is 17.9 Å². The van der Waals surface area contributed by atoms with Crippen LogP contribution in [0.4, 0.5) is 13.2 Å². The fourth-order valence-corrected chi connectivity index (χ4v) is 2.72. The van der Waals surface area contributed by atoms with Crippen molar-refractivity contribution in [2.75, 3.05) is 13.2 Å². The lowest BCUT2D eigenvalue weighted by molar-refractivity contribution is -0.159. The summed E-state index contributed by atoms with van der Waals surface area (Å²) in [7, 11) is 0. The van der Waals surface area contributed by atoms with Gasteiger partial charge in [-0.1, -0.05) is 18.2 Å². The number of nitrogens with one attached hydrogen (secondary N) is 2. The Hall–Kier alpha value is -1.86. The smallest absolute Gasteiger partial charge is 0.361 e. The Labute approximate surface area is 124 Å². The molecule has 1 unspecified atom stereocenters. The lowest BCUT2D eigenvalue weighted by atomic mass is 9.92. The van der Waals surface area contributed by atoms with E-state index in [1.165, 1.54) is 6.20 Å². The molecule has 2 aromatic rings. The molecule has 7 heteroatoms. The standard InChI is InChI=1S/C15H15F3N2O2/c16-15(17,18)11(7-13(21)14-19-5-6-22-14)10-8-20-12-4-2-1-3-9(10)12/h1-4,8,11,14,19-20H,5-7H2/t11-,14?/m0/s1. The van der Waals surface area contributed by atoms with E-state index in [4.69, 9.17) is 4.74 Å². The van der Waals surface area contributed by atoms with Gasteiger partial charge in [-0.05, 0) is 11.6 Å². The number of halogens is 3. The summed E-state index contributed by atoms with van der Waals surface area (Å²) in [6.45, 7) is 0.806. The van der Waals surface area contributed by atoms with Crippen LogP contribution >= 0.6 is 0 Å². The number of ketones is 1. The van der Waals surface area contributed by atoms with Crippen LogP contribution in [0, 0.1) is 0 Å². The Morgan fingerprint density at radius 1 is 1.36 bits per heavy atom. The predicted octanol–water partition coefficient (Wildman–Crippen LogP) is 2.72. The summed E-state index contributed by atoms with van der Waals surface area (Å²) in [6.07, 6.45) is -4.74. The van der Waals surface area contributed by atoms with E-state index in [9.17, 15) is 18.0 Å². The van der Waals surface area contributed by atoms with Gasteiger partial charge in [0.25, 0.3) is 0 Å². The first-order valence-electron chi connectivity index (χ1n) is 6.97. The Balaban J connectivity index is 1.91. The second-order valence-corrected chi connectivity index (χ2v) is 5.26. The van der Waals surface area contributed by atoms with Gasteiger partial charge in [-0.15, -0.1) is 0 Å². The van der Waals surface area contributed by atoms with Gasteiger partial charge in [-0.25, -0.2) is 0 Å². The summed E-state index contributed by atoms with van der Waals surface area (Å²) in [4.78, 5) is 14.9. The minimum absolute atomic E-state index is 0.0921. The number of carbonyl (C=O) groups is 1. The molecule has 0 aliphatic carbocycles. The van der Waals surface area contributed by atoms with E-state index < -0.39 is 30.5 Å². The molecule has 1 fully saturated rings. The van der Waals surface area contributed by atoms with Gasteiger partial charge in [-0.3, -0.25) is 10.1 Å². The van der Waals surface area contributed by atoms with Crippen molar-refractivity contribution in [3.05, 3.63) is 36.0 Å². The van der Waals surface area contributed by atoms with Crippen LogP contribution in [0.25, 0.3) is 10.9 Å². The Kier molecular flexibility index (Phi) is 3.92. The summed E-state index contributed by atoms with van der Waals surface area (Å²) < 4.78 is 45.4. The summed E-state index contributed by atoms with van der Waals surface area (Å²) in [5.41, 5.74) is 0.712. The Morgan fingerprint density at radius 2 is 2.14 bits per heavy atom. The van der Waals surface area contributed by atoms with Gasteiger partial charge in [0.05, 0.1) is 12.5 Å². The molecule has 1 saturated heterocycles. The highest BCUT2D eigenvalue weighted by atomic mass is 19.4. The third-order valence-corrected chi connectivity index (χ3v) is 3.81. The number of carbonyl (C=O) groups excluding carboxylic acids is 1. The van der Waals surface area contributed by atoms with Gasteiger partial charge < -0.3 is 9.72 Å². The summed E-state index contributed by atoms with van der Waals surface area (Å²) in [6, 6.07) is 6.74. The van der Waals surface area contributed by atoms with Crippen molar-refractivity contribution in [2.45, 2.75) is 24.7 Å². The fraction of sp³-hybridized carbons (Fsp3) is 0.400. The van der Waals surface area contributed by atoms with Crippen LogP contribution in [-0.4, -0.2) is 36.3 Å². The van der Waals surface area contributed by atoms with Gasteiger partial charge in [0.15, 0.2) is 12.0 Å². The quantitative estimate of drug-likeness (QED) is 0.913. The molecule has 0 radical (unpaired) electrons.